The Labute approximate surface area is 136 Å². The first-order chi connectivity index (χ1) is 10.5. The molecular weight excluding hydrogens is 294 g/mol. The topological polar surface area (TPSA) is 90.2 Å². The van der Waals surface area contributed by atoms with Gasteiger partial charge in [-0.2, -0.15) is 0 Å². The summed E-state index contributed by atoms with van der Waals surface area (Å²) in [6.07, 6.45) is 6.06. The molecule has 0 saturated carbocycles. The van der Waals surface area contributed by atoms with Gasteiger partial charge in [0.2, 0.25) is 0 Å². The van der Waals surface area contributed by atoms with Crippen LogP contribution in [0.4, 0.5) is 0 Å². The van der Waals surface area contributed by atoms with Crippen molar-refractivity contribution in [3.8, 4) is 10.6 Å². The molecule has 2 heterocycles. The molecule has 0 radical (unpaired) electrons. The zero-order valence-electron chi connectivity index (χ0n) is 13.8. The van der Waals surface area contributed by atoms with E-state index in [9.17, 15) is 0 Å². The predicted molar refractivity (Wildman–Crippen MR) is 95.4 cm³/mol. The highest BCUT2D eigenvalue weighted by Crippen LogP contribution is 2.25. The molecule has 0 atom stereocenters. The number of aliphatic imine (C=N–C) groups is 1. The van der Waals surface area contributed by atoms with Gasteiger partial charge in [0.15, 0.2) is 0 Å². The lowest BCUT2D eigenvalue weighted by Crippen LogP contribution is -2.15. The van der Waals surface area contributed by atoms with Crippen molar-refractivity contribution in [2.75, 3.05) is 13.6 Å². The molecule has 2 rings (SSSR count). The Balaban J connectivity index is 0.000000422. The Bertz CT molecular complexity index is 617. The van der Waals surface area contributed by atoms with E-state index in [-0.39, 0.29) is 0 Å². The summed E-state index contributed by atoms with van der Waals surface area (Å²) in [7, 11) is 1.68. The minimum atomic E-state index is 0.505. The number of rotatable bonds is 4. The normalized spacial score (nSPS) is 11.0. The fraction of sp³-hybridized carbons (Fsp3) is 0.438. The number of aromatic nitrogens is 2. The maximum atomic E-state index is 5.84. The Hall–Kier alpha value is -1.79. The standard InChI is InChI=1S/C12H14N4S.C4H11N/c1-7-5-16-12(17-7)9-4-10(11(13)14-3)8(2)15-6-9;1-2-3-4-5/h4-6H,1-3H3,(H2,13,14);2-5H2,1H3. The van der Waals surface area contributed by atoms with Gasteiger partial charge in [0.05, 0.1) is 0 Å². The van der Waals surface area contributed by atoms with E-state index in [1.165, 1.54) is 17.7 Å². The quantitative estimate of drug-likeness (QED) is 0.669. The largest absolute Gasteiger partial charge is 0.383 e. The molecule has 4 N–H and O–H groups in total. The van der Waals surface area contributed by atoms with Crippen LogP contribution in [0.15, 0.2) is 23.5 Å². The van der Waals surface area contributed by atoms with Gasteiger partial charge in [0, 0.05) is 41.1 Å². The molecule has 0 aliphatic rings. The van der Waals surface area contributed by atoms with Crippen LogP contribution in [0.3, 0.4) is 0 Å². The minimum absolute atomic E-state index is 0.505. The van der Waals surface area contributed by atoms with Gasteiger partial charge >= 0.3 is 0 Å². The maximum absolute atomic E-state index is 5.84. The smallest absolute Gasteiger partial charge is 0.127 e. The SMILES string of the molecule is CCCCN.CN=C(N)c1cc(-c2ncc(C)s2)cnc1C. The number of amidine groups is 1. The third kappa shape index (κ3) is 5.20. The first-order valence-corrected chi connectivity index (χ1v) is 8.17. The summed E-state index contributed by atoms with van der Waals surface area (Å²) in [5.74, 6) is 0.505. The van der Waals surface area contributed by atoms with E-state index in [4.69, 9.17) is 11.5 Å². The van der Waals surface area contributed by atoms with Crippen LogP contribution in [-0.2, 0) is 0 Å². The molecule has 22 heavy (non-hydrogen) atoms. The number of hydrogen-bond acceptors (Lipinski definition) is 5. The van der Waals surface area contributed by atoms with Crippen LogP contribution >= 0.6 is 11.3 Å². The molecule has 0 fully saturated rings. The molecule has 6 heteroatoms. The summed E-state index contributed by atoms with van der Waals surface area (Å²) in [4.78, 5) is 13.9. The maximum Gasteiger partial charge on any atom is 0.127 e. The summed E-state index contributed by atoms with van der Waals surface area (Å²) < 4.78 is 0. The molecule has 0 aromatic carbocycles. The lowest BCUT2D eigenvalue weighted by atomic mass is 10.1. The van der Waals surface area contributed by atoms with Crippen LogP contribution < -0.4 is 11.5 Å². The van der Waals surface area contributed by atoms with Crippen LogP contribution in [0.2, 0.25) is 0 Å². The van der Waals surface area contributed by atoms with Crippen LogP contribution in [0, 0.1) is 13.8 Å². The second kappa shape index (κ2) is 9.27. The Kier molecular flexibility index (Phi) is 7.70. The lowest BCUT2D eigenvalue weighted by Gasteiger charge is -2.05. The summed E-state index contributed by atoms with van der Waals surface area (Å²) in [6, 6.07) is 1.99. The van der Waals surface area contributed by atoms with Crippen molar-refractivity contribution in [2.45, 2.75) is 33.6 Å². The first kappa shape index (κ1) is 18.3. The number of nitrogens with zero attached hydrogens (tertiary/aromatic N) is 3. The molecule has 2 aromatic heterocycles. The molecule has 0 bridgehead atoms. The van der Waals surface area contributed by atoms with Gasteiger partial charge in [-0.1, -0.05) is 13.3 Å². The third-order valence-electron chi connectivity index (χ3n) is 3.03. The summed E-state index contributed by atoms with van der Waals surface area (Å²) >= 11 is 1.64. The van der Waals surface area contributed by atoms with E-state index in [0.717, 1.165) is 28.4 Å². The molecule has 0 amide bonds. The van der Waals surface area contributed by atoms with Gasteiger partial charge in [-0.3, -0.25) is 9.98 Å². The van der Waals surface area contributed by atoms with E-state index in [2.05, 4.69) is 21.9 Å². The van der Waals surface area contributed by atoms with Crippen molar-refractivity contribution in [3.05, 3.63) is 34.6 Å². The van der Waals surface area contributed by atoms with Crippen molar-refractivity contribution in [2.24, 2.45) is 16.5 Å². The molecular formula is C16H25N5S. The van der Waals surface area contributed by atoms with Crippen LogP contribution in [0.5, 0.6) is 0 Å². The highest BCUT2D eigenvalue weighted by molar-refractivity contribution is 7.14. The fourth-order valence-corrected chi connectivity index (χ4v) is 2.47. The Morgan fingerprint density at radius 2 is 2.00 bits per heavy atom. The number of unbranched alkanes of at least 4 members (excludes halogenated alkanes) is 1. The molecule has 5 nitrogen and oxygen atoms in total. The number of thiazole rings is 1. The van der Waals surface area contributed by atoms with Crippen molar-refractivity contribution in [1.82, 2.24) is 9.97 Å². The number of pyridine rings is 1. The van der Waals surface area contributed by atoms with Gasteiger partial charge in [0.25, 0.3) is 0 Å². The van der Waals surface area contributed by atoms with Gasteiger partial charge in [-0.05, 0) is 32.9 Å². The molecule has 0 saturated heterocycles. The zero-order valence-corrected chi connectivity index (χ0v) is 14.6. The van der Waals surface area contributed by atoms with E-state index in [0.29, 0.717) is 5.84 Å². The van der Waals surface area contributed by atoms with Crippen molar-refractivity contribution in [1.29, 1.82) is 0 Å². The highest BCUT2D eigenvalue weighted by Gasteiger charge is 2.09. The summed E-state index contributed by atoms with van der Waals surface area (Å²) in [5, 5.41) is 0.958. The van der Waals surface area contributed by atoms with Crippen molar-refractivity contribution < 1.29 is 0 Å². The number of aryl methyl sites for hydroxylation is 2. The van der Waals surface area contributed by atoms with Crippen LogP contribution in [0.1, 0.15) is 35.9 Å². The summed E-state index contributed by atoms with van der Waals surface area (Å²) in [5.41, 5.74) is 13.7. The van der Waals surface area contributed by atoms with Gasteiger partial charge in [-0.15, -0.1) is 11.3 Å². The second-order valence-corrected chi connectivity index (χ2v) is 6.12. The minimum Gasteiger partial charge on any atom is -0.383 e. The fourth-order valence-electron chi connectivity index (χ4n) is 1.72. The average Bonchev–Trinajstić information content (AvgIpc) is 2.95. The van der Waals surface area contributed by atoms with Gasteiger partial charge in [0.1, 0.15) is 10.8 Å². The van der Waals surface area contributed by atoms with Gasteiger partial charge < -0.3 is 11.5 Å². The van der Waals surface area contributed by atoms with Gasteiger partial charge in [-0.25, -0.2) is 4.98 Å². The first-order valence-electron chi connectivity index (χ1n) is 7.35. The van der Waals surface area contributed by atoms with E-state index < -0.39 is 0 Å². The molecule has 2 aromatic rings. The van der Waals surface area contributed by atoms with E-state index >= 15 is 0 Å². The molecule has 120 valence electrons. The zero-order chi connectivity index (χ0) is 16.5. The number of hydrogen-bond donors (Lipinski definition) is 2. The predicted octanol–water partition coefficient (Wildman–Crippen LogP) is 2.90. The monoisotopic (exact) mass is 319 g/mol. The van der Waals surface area contributed by atoms with E-state index in [1.807, 2.05) is 32.3 Å². The molecule has 0 spiro atoms. The third-order valence-corrected chi connectivity index (χ3v) is 3.99. The molecule has 0 unspecified atom stereocenters. The summed E-state index contributed by atoms with van der Waals surface area (Å²) in [6.45, 7) is 6.93. The van der Waals surface area contributed by atoms with Crippen molar-refractivity contribution >= 4 is 17.2 Å². The molecule has 0 aliphatic carbocycles. The van der Waals surface area contributed by atoms with Crippen LogP contribution in [-0.4, -0.2) is 29.4 Å². The Morgan fingerprint density at radius 3 is 2.45 bits per heavy atom. The highest BCUT2D eigenvalue weighted by atomic mass is 32.1. The van der Waals surface area contributed by atoms with Crippen LogP contribution in [0.25, 0.3) is 10.6 Å². The lowest BCUT2D eigenvalue weighted by molar-refractivity contribution is 0.807. The number of nitrogens with two attached hydrogens (primary N) is 2. The van der Waals surface area contributed by atoms with E-state index in [1.54, 1.807) is 18.4 Å². The van der Waals surface area contributed by atoms with Crippen molar-refractivity contribution in [3.63, 3.8) is 0 Å². The molecule has 0 aliphatic heterocycles. The Morgan fingerprint density at radius 1 is 1.27 bits per heavy atom. The second-order valence-electron chi connectivity index (χ2n) is 4.88. The average molecular weight is 319 g/mol.